The Morgan fingerprint density at radius 3 is 2.81 bits per heavy atom. The highest BCUT2D eigenvalue weighted by atomic mass is 16.5. The van der Waals surface area contributed by atoms with Crippen LogP contribution in [0.25, 0.3) is 11.3 Å². The number of aryl methyl sites for hydroxylation is 1. The van der Waals surface area contributed by atoms with Crippen molar-refractivity contribution in [2.75, 3.05) is 5.73 Å². The second kappa shape index (κ2) is 8.99. The van der Waals surface area contributed by atoms with Crippen LogP contribution in [-0.2, 0) is 6.61 Å². The number of ether oxygens (including phenoxy) is 1. The monoisotopic (exact) mass is 482 g/mol. The first-order chi connectivity index (χ1) is 17.6. The first kappa shape index (κ1) is 22.1. The summed E-state index contributed by atoms with van der Waals surface area (Å²) in [5.41, 5.74) is 13.3. The molecule has 2 aromatic heterocycles. The first-order valence-electron chi connectivity index (χ1n) is 12.0. The average molecular weight is 483 g/mol. The van der Waals surface area contributed by atoms with Gasteiger partial charge in [-0.1, -0.05) is 23.8 Å². The van der Waals surface area contributed by atoms with E-state index in [2.05, 4.69) is 20.6 Å². The number of carbonyl (C=O) groups excluding carboxylic acids is 1. The molecule has 0 aliphatic heterocycles. The fourth-order valence-electron chi connectivity index (χ4n) is 4.23. The van der Waals surface area contributed by atoms with Crippen LogP contribution in [0.4, 0.5) is 5.82 Å². The van der Waals surface area contributed by atoms with Crippen LogP contribution < -0.4 is 15.8 Å². The van der Waals surface area contributed by atoms with Gasteiger partial charge in [0.2, 0.25) is 6.39 Å². The van der Waals surface area contributed by atoms with Gasteiger partial charge in [-0.15, -0.1) is 10.2 Å². The van der Waals surface area contributed by atoms with E-state index in [1.54, 1.807) is 10.9 Å². The number of anilines is 1. The van der Waals surface area contributed by atoms with E-state index in [9.17, 15) is 4.79 Å². The number of nitrogens with two attached hydrogens (primary N) is 1. The lowest BCUT2D eigenvalue weighted by molar-refractivity contribution is 0.0951. The number of amides is 1. The number of nitrogen functional groups attached to an aromatic ring is 1. The molecule has 2 aliphatic rings. The summed E-state index contributed by atoms with van der Waals surface area (Å²) < 4.78 is 12.7. The van der Waals surface area contributed by atoms with Gasteiger partial charge in [-0.3, -0.25) is 4.79 Å². The molecule has 6 rings (SSSR count). The summed E-state index contributed by atoms with van der Waals surface area (Å²) in [6.07, 6.45) is 7.20. The number of carbonyl (C=O) groups is 1. The maximum Gasteiger partial charge on any atom is 0.253 e. The number of allylic oxidation sites excluding steroid dienone is 1. The van der Waals surface area contributed by atoms with Crippen LogP contribution >= 0.6 is 0 Å². The molecule has 36 heavy (non-hydrogen) atoms. The lowest BCUT2D eigenvalue weighted by Gasteiger charge is -2.13. The summed E-state index contributed by atoms with van der Waals surface area (Å²) in [5.74, 6) is 1.57. The van der Waals surface area contributed by atoms with Crippen LogP contribution in [0.2, 0.25) is 0 Å². The molecular formula is C27H26N6O3. The van der Waals surface area contributed by atoms with E-state index >= 15 is 0 Å². The third-order valence-electron chi connectivity index (χ3n) is 6.43. The molecule has 0 atom stereocenters. The fourth-order valence-corrected chi connectivity index (χ4v) is 4.23. The smallest absolute Gasteiger partial charge is 0.253 e. The molecule has 4 aromatic rings. The predicted molar refractivity (Wildman–Crippen MR) is 134 cm³/mol. The van der Waals surface area contributed by atoms with Gasteiger partial charge in [-0.25, -0.2) is 4.68 Å². The minimum Gasteiger partial charge on any atom is -0.484 e. The van der Waals surface area contributed by atoms with Crippen molar-refractivity contribution in [3.05, 3.63) is 88.8 Å². The number of nitrogens with one attached hydrogen (secondary N) is 1. The SMILES string of the molecule is Cc1ccc(C(=O)NC2CC2)cc1-n1ncc(C(=C2CC2)c2cccc(OCc3nnco3)c2)c1N. The van der Waals surface area contributed by atoms with Crippen molar-refractivity contribution >= 4 is 17.3 Å². The summed E-state index contributed by atoms with van der Waals surface area (Å²) in [5, 5.41) is 15.2. The molecule has 2 aliphatic carbocycles. The van der Waals surface area contributed by atoms with Crippen LogP contribution in [0.5, 0.6) is 5.75 Å². The highest BCUT2D eigenvalue weighted by Crippen LogP contribution is 2.43. The molecule has 182 valence electrons. The molecule has 2 aromatic carbocycles. The standard InChI is InChI=1S/C27H26N6O3/c1-16-5-6-19(27(34)31-20-9-10-20)12-23(16)33-26(28)22(13-30-33)25(17-7-8-17)18-3-2-4-21(11-18)35-14-24-32-29-15-36-24/h2-6,11-13,15,20H,7-10,14,28H2,1H3,(H,31,34). The molecule has 1 amide bonds. The van der Waals surface area contributed by atoms with Crippen molar-refractivity contribution < 1.29 is 13.9 Å². The molecule has 0 radical (unpaired) electrons. The zero-order chi connectivity index (χ0) is 24.6. The van der Waals surface area contributed by atoms with Gasteiger partial charge in [0.1, 0.15) is 11.6 Å². The Kier molecular flexibility index (Phi) is 5.52. The lowest BCUT2D eigenvalue weighted by Crippen LogP contribution is -2.25. The Bertz CT molecular complexity index is 1460. The van der Waals surface area contributed by atoms with Gasteiger partial charge in [-0.05, 0) is 73.6 Å². The summed E-state index contributed by atoms with van der Waals surface area (Å²) in [6.45, 7) is 2.18. The quantitative estimate of drug-likeness (QED) is 0.386. The highest BCUT2D eigenvalue weighted by Gasteiger charge is 2.26. The molecule has 0 bridgehead atoms. The number of benzene rings is 2. The van der Waals surface area contributed by atoms with E-state index in [0.29, 0.717) is 29.1 Å². The maximum absolute atomic E-state index is 12.6. The lowest BCUT2D eigenvalue weighted by atomic mass is 9.98. The van der Waals surface area contributed by atoms with Crippen LogP contribution in [0.3, 0.4) is 0 Å². The van der Waals surface area contributed by atoms with E-state index < -0.39 is 0 Å². The molecule has 0 saturated heterocycles. The maximum atomic E-state index is 12.6. The first-order valence-corrected chi connectivity index (χ1v) is 12.0. The molecule has 2 fully saturated rings. The third kappa shape index (κ3) is 4.47. The predicted octanol–water partition coefficient (Wildman–Crippen LogP) is 4.21. The van der Waals surface area contributed by atoms with E-state index in [-0.39, 0.29) is 12.5 Å². The third-order valence-corrected chi connectivity index (χ3v) is 6.43. The Morgan fingerprint density at radius 1 is 1.19 bits per heavy atom. The average Bonchev–Trinajstić information content (AvgIpc) is 3.80. The van der Waals surface area contributed by atoms with Gasteiger partial charge in [-0.2, -0.15) is 5.10 Å². The largest absolute Gasteiger partial charge is 0.484 e. The number of hydrogen-bond acceptors (Lipinski definition) is 7. The van der Waals surface area contributed by atoms with Gasteiger partial charge in [0.05, 0.1) is 11.9 Å². The highest BCUT2D eigenvalue weighted by molar-refractivity contribution is 5.95. The molecule has 9 nitrogen and oxygen atoms in total. The van der Waals surface area contributed by atoms with Gasteiger partial charge in [0, 0.05) is 17.2 Å². The van der Waals surface area contributed by atoms with Gasteiger partial charge < -0.3 is 20.2 Å². The molecule has 0 unspecified atom stereocenters. The number of hydrogen-bond donors (Lipinski definition) is 2. The minimum atomic E-state index is -0.0668. The fraction of sp³-hybridized carbons (Fsp3) is 0.259. The summed E-state index contributed by atoms with van der Waals surface area (Å²) >= 11 is 0. The topological polar surface area (TPSA) is 121 Å². The van der Waals surface area contributed by atoms with E-state index in [1.807, 2.05) is 49.4 Å². The Labute approximate surface area is 208 Å². The molecular weight excluding hydrogens is 456 g/mol. The normalized spacial score (nSPS) is 14.5. The van der Waals surface area contributed by atoms with Crippen LogP contribution in [0.1, 0.15) is 58.6 Å². The van der Waals surface area contributed by atoms with Gasteiger partial charge in [0.25, 0.3) is 11.8 Å². The van der Waals surface area contributed by atoms with Crippen LogP contribution in [0.15, 0.2) is 65.0 Å². The van der Waals surface area contributed by atoms with Crippen molar-refractivity contribution in [3.8, 4) is 11.4 Å². The second-order valence-corrected chi connectivity index (χ2v) is 9.23. The van der Waals surface area contributed by atoms with E-state index in [4.69, 9.17) is 14.9 Å². The molecule has 2 saturated carbocycles. The number of aromatic nitrogens is 4. The summed E-state index contributed by atoms with van der Waals surface area (Å²) in [4.78, 5) is 12.6. The van der Waals surface area contributed by atoms with Crippen molar-refractivity contribution in [2.45, 2.75) is 45.3 Å². The Hall–Kier alpha value is -4.40. The van der Waals surface area contributed by atoms with Crippen molar-refractivity contribution in [2.24, 2.45) is 0 Å². The minimum absolute atomic E-state index is 0.0668. The molecule has 3 N–H and O–H groups in total. The zero-order valence-electron chi connectivity index (χ0n) is 19.9. The van der Waals surface area contributed by atoms with E-state index in [0.717, 1.165) is 53.6 Å². The summed E-state index contributed by atoms with van der Waals surface area (Å²) in [7, 11) is 0. The summed E-state index contributed by atoms with van der Waals surface area (Å²) in [6, 6.07) is 13.8. The Balaban J connectivity index is 1.31. The molecule has 2 heterocycles. The molecule has 9 heteroatoms. The van der Waals surface area contributed by atoms with Crippen molar-refractivity contribution in [3.63, 3.8) is 0 Å². The van der Waals surface area contributed by atoms with Crippen LogP contribution in [0, 0.1) is 6.92 Å². The second-order valence-electron chi connectivity index (χ2n) is 9.23. The Morgan fingerprint density at radius 2 is 2.06 bits per heavy atom. The van der Waals surface area contributed by atoms with Gasteiger partial charge >= 0.3 is 0 Å². The number of nitrogens with zero attached hydrogens (tertiary/aromatic N) is 4. The molecule has 0 spiro atoms. The van der Waals surface area contributed by atoms with Crippen molar-refractivity contribution in [1.29, 1.82) is 0 Å². The van der Waals surface area contributed by atoms with Crippen molar-refractivity contribution in [1.82, 2.24) is 25.3 Å². The van der Waals surface area contributed by atoms with E-state index in [1.165, 1.54) is 12.0 Å². The zero-order valence-corrected chi connectivity index (χ0v) is 19.9. The van der Waals surface area contributed by atoms with Gasteiger partial charge in [0.15, 0.2) is 6.61 Å². The van der Waals surface area contributed by atoms with Crippen LogP contribution in [-0.4, -0.2) is 31.9 Å². The number of rotatable bonds is 8.